The summed E-state index contributed by atoms with van der Waals surface area (Å²) in [6, 6.07) is 5.18. The maximum Gasteiger partial charge on any atom is 0.242 e. The third kappa shape index (κ3) is 5.29. The molecule has 0 amide bonds. The van der Waals surface area contributed by atoms with Gasteiger partial charge in [0.2, 0.25) is 11.9 Å². The molecule has 1 aliphatic heterocycles. The quantitative estimate of drug-likeness (QED) is 0.560. The Balaban J connectivity index is 0.00000272. The Morgan fingerprint density at radius 3 is 2.39 bits per heavy atom. The summed E-state index contributed by atoms with van der Waals surface area (Å²) in [5, 5.41) is 25.9. The standard InChI is InChI=1S/C21H26FN7O.ClH/c1-20(2)8-13(9-21(3,4)28-20)25-19-23-10-16(26-27-19)15-6-5-14(7-17(15)30)29-11-18(22)24-12-29;/h5-7,10-13,28,30H,8-9H2,1-4H3,(H,23,25,27);1H. The first-order valence-corrected chi connectivity index (χ1v) is 9.89. The average Bonchev–Trinajstić information content (AvgIpc) is 3.06. The number of rotatable bonds is 4. The minimum atomic E-state index is -0.586. The van der Waals surface area contributed by atoms with Crippen LogP contribution < -0.4 is 10.6 Å². The van der Waals surface area contributed by atoms with E-state index in [1.807, 2.05) is 0 Å². The highest BCUT2D eigenvalue weighted by molar-refractivity contribution is 5.85. The van der Waals surface area contributed by atoms with Crippen molar-refractivity contribution in [2.24, 2.45) is 0 Å². The second kappa shape index (κ2) is 8.39. The van der Waals surface area contributed by atoms with Crippen LogP contribution in [-0.2, 0) is 0 Å². The van der Waals surface area contributed by atoms with Crippen molar-refractivity contribution in [2.45, 2.75) is 57.7 Å². The van der Waals surface area contributed by atoms with Crippen molar-refractivity contribution in [2.75, 3.05) is 5.32 Å². The van der Waals surface area contributed by atoms with Crippen LogP contribution in [0.15, 0.2) is 36.9 Å². The molecule has 0 bridgehead atoms. The van der Waals surface area contributed by atoms with E-state index in [1.54, 1.807) is 18.3 Å². The molecular formula is C21H27ClFN7O. The van der Waals surface area contributed by atoms with Gasteiger partial charge in [0.25, 0.3) is 0 Å². The number of nitrogens with zero attached hydrogens (tertiary/aromatic N) is 5. The number of anilines is 1. The molecule has 0 saturated carbocycles. The van der Waals surface area contributed by atoms with E-state index in [4.69, 9.17) is 0 Å². The van der Waals surface area contributed by atoms with Crippen molar-refractivity contribution in [3.63, 3.8) is 0 Å². The van der Waals surface area contributed by atoms with E-state index in [-0.39, 0.29) is 35.3 Å². The fourth-order valence-corrected chi connectivity index (χ4v) is 4.41. The summed E-state index contributed by atoms with van der Waals surface area (Å²) >= 11 is 0. The van der Waals surface area contributed by atoms with Gasteiger partial charge >= 0.3 is 0 Å². The highest BCUT2D eigenvalue weighted by Gasteiger charge is 2.37. The molecule has 3 heterocycles. The van der Waals surface area contributed by atoms with Crippen LogP contribution in [0.5, 0.6) is 5.75 Å². The number of hydrogen-bond acceptors (Lipinski definition) is 7. The molecule has 3 N–H and O–H groups in total. The largest absolute Gasteiger partial charge is 0.507 e. The molecule has 166 valence electrons. The lowest BCUT2D eigenvalue weighted by molar-refractivity contribution is 0.170. The van der Waals surface area contributed by atoms with Crippen LogP contribution in [0.4, 0.5) is 10.3 Å². The van der Waals surface area contributed by atoms with Crippen LogP contribution >= 0.6 is 12.4 Å². The van der Waals surface area contributed by atoms with Crippen LogP contribution in [0.2, 0.25) is 0 Å². The zero-order valence-electron chi connectivity index (χ0n) is 17.9. The molecule has 1 aliphatic rings. The molecular weight excluding hydrogens is 421 g/mol. The van der Waals surface area contributed by atoms with Crippen molar-refractivity contribution in [1.82, 2.24) is 30.0 Å². The summed E-state index contributed by atoms with van der Waals surface area (Å²) in [5.74, 6) is -0.125. The van der Waals surface area contributed by atoms with E-state index in [1.165, 1.54) is 23.2 Å². The molecule has 0 unspecified atom stereocenters. The van der Waals surface area contributed by atoms with Gasteiger partial charge in [0.15, 0.2) is 0 Å². The van der Waals surface area contributed by atoms with Crippen LogP contribution in [0, 0.1) is 5.95 Å². The van der Waals surface area contributed by atoms with Gasteiger partial charge in [0, 0.05) is 28.7 Å². The zero-order chi connectivity index (χ0) is 21.5. The van der Waals surface area contributed by atoms with Gasteiger partial charge in [-0.2, -0.15) is 4.39 Å². The Morgan fingerprint density at radius 1 is 1.13 bits per heavy atom. The number of piperidine rings is 1. The average molecular weight is 448 g/mol. The van der Waals surface area contributed by atoms with Gasteiger partial charge in [-0.1, -0.05) is 0 Å². The normalized spacial score (nSPS) is 17.7. The van der Waals surface area contributed by atoms with Crippen LogP contribution in [0.25, 0.3) is 16.9 Å². The number of phenols is 1. The fourth-order valence-electron chi connectivity index (χ4n) is 4.41. The number of aromatic hydroxyl groups is 1. The van der Waals surface area contributed by atoms with Crippen molar-refractivity contribution in [1.29, 1.82) is 0 Å². The Hall–Kier alpha value is -2.78. The number of phenolic OH excluding ortho intramolecular Hbond substituents is 1. The molecule has 0 radical (unpaired) electrons. The van der Waals surface area contributed by atoms with Gasteiger partial charge in [0.1, 0.15) is 17.8 Å². The summed E-state index contributed by atoms with van der Waals surface area (Å²) in [4.78, 5) is 7.94. The maximum atomic E-state index is 13.1. The molecule has 4 rings (SSSR count). The van der Waals surface area contributed by atoms with Crippen LogP contribution in [-0.4, -0.2) is 47.0 Å². The van der Waals surface area contributed by atoms with E-state index >= 15 is 0 Å². The molecule has 1 fully saturated rings. The molecule has 0 aliphatic carbocycles. The summed E-state index contributed by atoms with van der Waals surface area (Å²) < 4.78 is 14.6. The van der Waals surface area contributed by atoms with Gasteiger partial charge in [0.05, 0.1) is 18.1 Å². The summed E-state index contributed by atoms with van der Waals surface area (Å²) in [7, 11) is 0. The lowest BCUT2D eigenvalue weighted by atomic mass is 9.80. The van der Waals surface area contributed by atoms with E-state index in [0.717, 1.165) is 12.8 Å². The highest BCUT2D eigenvalue weighted by Crippen LogP contribution is 2.31. The van der Waals surface area contributed by atoms with E-state index < -0.39 is 5.95 Å². The smallest absolute Gasteiger partial charge is 0.242 e. The topological polar surface area (TPSA) is 101 Å². The first-order chi connectivity index (χ1) is 14.1. The molecule has 3 aromatic rings. The lowest BCUT2D eigenvalue weighted by Gasteiger charge is -2.46. The lowest BCUT2D eigenvalue weighted by Crippen LogP contribution is -2.60. The Kier molecular flexibility index (Phi) is 6.20. The molecule has 1 saturated heterocycles. The number of hydrogen-bond donors (Lipinski definition) is 3. The van der Waals surface area contributed by atoms with E-state index in [0.29, 0.717) is 22.9 Å². The van der Waals surface area contributed by atoms with Crippen molar-refractivity contribution in [3.8, 4) is 22.7 Å². The molecule has 31 heavy (non-hydrogen) atoms. The first kappa shape index (κ1) is 22.9. The van der Waals surface area contributed by atoms with E-state index in [9.17, 15) is 9.50 Å². The third-order valence-corrected chi connectivity index (χ3v) is 5.19. The van der Waals surface area contributed by atoms with Gasteiger partial charge < -0.3 is 20.3 Å². The number of halogens is 2. The van der Waals surface area contributed by atoms with E-state index in [2.05, 4.69) is 58.5 Å². The van der Waals surface area contributed by atoms with Crippen molar-refractivity contribution < 1.29 is 9.50 Å². The Bertz CT molecular complexity index is 1040. The van der Waals surface area contributed by atoms with Crippen molar-refractivity contribution in [3.05, 3.63) is 42.9 Å². The second-order valence-electron chi connectivity index (χ2n) is 9.11. The molecule has 1 aromatic carbocycles. The first-order valence-electron chi connectivity index (χ1n) is 9.89. The monoisotopic (exact) mass is 447 g/mol. The number of imidazole rings is 1. The van der Waals surface area contributed by atoms with Crippen LogP contribution in [0.3, 0.4) is 0 Å². The third-order valence-electron chi connectivity index (χ3n) is 5.19. The number of benzene rings is 1. The van der Waals surface area contributed by atoms with Gasteiger partial charge in [-0.3, -0.25) is 0 Å². The summed E-state index contributed by atoms with van der Waals surface area (Å²) in [5.41, 5.74) is 1.56. The Labute approximate surface area is 186 Å². The predicted molar refractivity (Wildman–Crippen MR) is 119 cm³/mol. The predicted octanol–water partition coefficient (Wildman–Crippen LogP) is 3.71. The minimum absolute atomic E-state index is 0. The number of nitrogens with one attached hydrogen (secondary N) is 2. The Morgan fingerprint density at radius 2 is 1.84 bits per heavy atom. The van der Waals surface area contributed by atoms with Crippen molar-refractivity contribution >= 4 is 18.4 Å². The molecule has 2 aromatic heterocycles. The molecule has 0 spiro atoms. The maximum absolute atomic E-state index is 13.1. The second-order valence-corrected chi connectivity index (χ2v) is 9.11. The SMILES string of the molecule is CC1(C)CC(Nc2ncc(-c3ccc(-n4cnc(F)c4)cc3O)nn2)CC(C)(C)N1.Cl. The summed E-state index contributed by atoms with van der Waals surface area (Å²) in [6.07, 6.45) is 6.05. The molecule has 0 atom stereocenters. The summed E-state index contributed by atoms with van der Waals surface area (Å²) in [6.45, 7) is 8.76. The zero-order valence-corrected chi connectivity index (χ0v) is 18.7. The van der Waals surface area contributed by atoms with Gasteiger partial charge in [-0.15, -0.1) is 22.6 Å². The van der Waals surface area contributed by atoms with Gasteiger partial charge in [-0.05, 0) is 52.7 Å². The minimum Gasteiger partial charge on any atom is -0.507 e. The molecule has 10 heteroatoms. The number of aromatic nitrogens is 5. The highest BCUT2D eigenvalue weighted by atomic mass is 35.5. The fraction of sp³-hybridized carbons (Fsp3) is 0.429. The van der Waals surface area contributed by atoms with Crippen LogP contribution in [0.1, 0.15) is 40.5 Å². The molecule has 8 nitrogen and oxygen atoms in total. The van der Waals surface area contributed by atoms with Gasteiger partial charge in [-0.25, -0.2) is 9.97 Å².